The first-order valence-electron chi connectivity index (χ1n) is 7.83. The molecule has 0 atom stereocenters. The lowest BCUT2D eigenvalue weighted by Crippen LogP contribution is -1.98. The van der Waals surface area contributed by atoms with Crippen LogP contribution in [0.4, 0.5) is 0 Å². The molecule has 1 aliphatic rings. The molecule has 2 aromatic heterocycles. The molecule has 3 heterocycles. The van der Waals surface area contributed by atoms with Crippen molar-refractivity contribution >= 4 is 11.8 Å². The standard InChI is InChI=1S/C17H16N2O5S/c1-11-13(5-7-20-11)16-18-19-17(24-16)25-8-2-6-21-12-3-4-14-15(9-12)23-10-22-14/h3-5,7,9H,2,6,8,10H2,1H3. The van der Waals surface area contributed by atoms with Crippen LogP contribution in [0, 0.1) is 6.92 Å². The van der Waals surface area contributed by atoms with E-state index in [1.807, 2.05) is 31.2 Å². The van der Waals surface area contributed by atoms with Crippen LogP contribution in [0.5, 0.6) is 17.2 Å². The SMILES string of the molecule is Cc1occc1-c1nnc(SCCCOc2ccc3c(c2)OCO3)o1. The van der Waals surface area contributed by atoms with E-state index in [9.17, 15) is 0 Å². The lowest BCUT2D eigenvalue weighted by molar-refractivity contribution is 0.173. The number of furan rings is 1. The van der Waals surface area contributed by atoms with E-state index >= 15 is 0 Å². The quantitative estimate of drug-likeness (QED) is 0.463. The number of ether oxygens (including phenoxy) is 3. The van der Waals surface area contributed by atoms with Gasteiger partial charge < -0.3 is 23.0 Å². The third-order valence-corrected chi connectivity index (χ3v) is 4.53. The molecule has 1 aliphatic heterocycles. The minimum Gasteiger partial charge on any atom is -0.493 e. The summed E-state index contributed by atoms with van der Waals surface area (Å²) >= 11 is 1.50. The number of nitrogens with zero attached hydrogens (tertiary/aromatic N) is 2. The molecule has 0 saturated carbocycles. The summed E-state index contributed by atoms with van der Waals surface area (Å²) in [7, 11) is 0. The summed E-state index contributed by atoms with van der Waals surface area (Å²) in [4.78, 5) is 0. The van der Waals surface area contributed by atoms with Gasteiger partial charge in [0.15, 0.2) is 11.5 Å². The highest BCUT2D eigenvalue weighted by Crippen LogP contribution is 2.35. The molecule has 0 amide bonds. The van der Waals surface area contributed by atoms with Gasteiger partial charge in [-0.2, -0.15) is 0 Å². The van der Waals surface area contributed by atoms with Crippen molar-refractivity contribution in [2.75, 3.05) is 19.2 Å². The molecule has 0 radical (unpaired) electrons. The molecule has 0 fully saturated rings. The van der Waals surface area contributed by atoms with Gasteiger partial charge in [-0.25, -0.2) is 0 Å². The number of hydrogen-bond acceptors (Lipinski definition) is 8. The predicted molar refractivity (Wildman–Crippen MR) is 90.1 cm³/mol. The zero-order valence-corrected chi connectivity index (χ0v) is 14.4. The summed E-state index contributed by atoms with van der Waals surface area (Å²) in [6.45, 7) is 2.72. The number of aromatic nitrogens is 2. The van der Waals surface area contributed by atoms with E-state index in [0.717, 1.165) is 40.7 Å². The first-order chi connectivity index (χ1) is 12.3. The van der Waals surface area contributed by atoms with E-state index in [0.29, 0.717) is 17.7 Å². The molecule has 1 aromatic carbocycles. The molecule has 0 N–H and O–H groups in total. The molecular weight excluding hydrogens is 344 g/mol. The van der Waals surface area contributed by atoms with Crippen molar-refractivity contribution < 1.29 is 23.0 Å². The minimum absolute atomic E-state index is 0.264. The Morgan fingerprint density at radius 3 is 2.96 bits per heavy atom. The molecule has 0 spiro atoms. The second-order valence-electron chi connectivity index (χ2n) is 5.33. The molecule has 8 heteroatoms. The Bertz CT molecular complexity index is 860. The molecular formula is C17H16N2O5S. The Morgan fingerprint density at radius 1 is 1.16 bits per heavy atom. The molecule has 3 aromatic rings. The number of thioether (sulfide) groups is 1. The highest BCUT2D eigenvalue weighted by atomic mass is 32.2. The van der Waals surface area contributed by atoms with Gasteiger partial charge in [0.25, 0.3) is 11.1 Å². The van der Waals surface area contributed by atoms with Gasteiger partial charge in [0, 0.05) is 11.8 Å². The fourth-order valence-corrected chi connectivity index (χ4v) is 3.03. The average Bonchev–Trinajstić information content (AvgIpc) is 3.34. The lowest BCUT2D eigenvalue weighted by atomic mass is 10.3. The van der Waals surface area contributed by atoms with Crippen LogP contribution in [0.2, 0.25) is 0 Å². The van der Waals surface area contributed by atoms with Crippen molar-refractivity contribution in [2.45, 2.75) is 18.6 Å². The third-order valence-electron chi connectivity index (χ3n) is 3.62. The van der Waals surface area contributed by atoms with Crippen LogP contribution in [-0.2, 0) is 0 Å². The van der Waals surface area contributed by atoms with Gasteiger partial charge in [0.1, 0.15) is 11.5 Å². The van der Waals surface area contributed by atoms with E-state index in [4.69, 9.17) is 23.0 Å². The van der Waals surface area contributed by atoms with E-state index in [-0.39, 0.29) is 6.79 Å². The van der Waals surface area contributed by atoms with E-state index in [2.05, 4.69) is 10.2 Å². The van der Waals surface area contributed by atoms with Gasteiger partial charge in [-0.3, -0.25) is 0 Å². The highest BCUT2D eigenvalue weighted by molar-refractivity contribution is 7.99. The summed E-state index contributed by atoms with van der Waals surface area (Å²) in [5.41, 5.74) is 0.825. The Labute approximate surface area is 148 Å². The summed E-state index contributed by atoms with van der Waals surface area (Å²) in [6, 6.07) is 7.38. The zero-order chi connectivity index (χ0) is 17.1. The molecule has 0 aliphatic carbocycles. The van der Waals surface area contributed by atoms with Gasteiger partial charge in [0.05, 0.1) is 18.4 Å². The first kappa shape index (κ1) is 15.9. The van der Waals surface area contributed by atoms with E-state index in [1.165, 1.54) is 11.8 Å². The summed E-state index contributed by atoms with van der Waals surface area (Å²) in [5, 5.41) is 8.63. The molecule has 0 unspecified atom stereocenters. The largest absolute Gasteiger partial charge is 0.493 e. The second kappa shape index (κ2) is 7.10. The Hall–Kier alpha value is -2.61. The lowest BCUT2D eigenvalue weighted by Gasteiger charge is -2.06. The van der Waals surface area contributed by atoms with Crippen LogP contribution in [0.15, 0.2) is 44.6 Å². The van der Waals surface area contributed by atoms with Crippen LogP contribution in [0.3, 0.4) is 0 Å². The minimum atomic E-state index is 0.264. The monoisotopic (exact) mass is 360 g/mol. The van der Waals surface area contributed by atoms with Crippen LogP contribution in [0.25, 0.3) is 11.5 Å². The fourth-order valence-electron chi connectivity index (χ4n) is 2.36. The van der Waals surface area contributed by atoms with Crippen LogP contribution >= 0.6 is 11.8 Å². The smallest absolute Gasteiger partial charge is 0.276 e. The Balaban J connectivity index is 1.22. The van der Waals surface area contributed by atoms with Crippen LogP contribution in [0.1, 0.15) is 12.2 Å². The number of rotatable bonds is 7. The van der Waals surface area contributed by atoms with Crippen molar-refractivity contribution in [3.05, 3.63) is 36.3 Å². The zero-order valence-electron chi connectivity index (χ0n) is 13.6. The van der Waals surface area contributed by atoms with Crippen LogP contribution < -0.4 is 14.2 Å². The van der Waals surface area contributed by atoms with Crippen molar-refractivity contribution in [1.82, 2.24) is 10.2 Å². The molecule has 7 nitrogen and oxygen atoms in total. The second-order valence-corrected chi connectivity index (χ2v) is 6.38. The summed E-state index contributed by atoms with van der Waals surface area (Å²) in [5.74, 6) is 4.30. The number of hydrogen-bond donors (Lipinski definition) is 0. The topological polar surface area (TPSA) is 79.8 Å². The average molecular weight is 360 g/mol. The molecule has 4 rings (SSSR count). The van der Waals surface area contributed by atoms with Crippen molar-refractivity contribution in [3.63, 3.8) is 0 Å². The van der Waals surface area contributed by atoms with Crippen molar-refractivity contribution in [1.29, 1.82) is 0 Å². The maximum absolute atomic E-state index is 5.72. The molecule has 130 valence electrons. The number of fused-ring (bicyclic) bond motifs is 1. The summed E-state index contributed by atoms with van der Waals surface area (Å²) in [6.07, 6.45) is 2.46. The van der Waals surface area contributed by atoms with Gasteiger partial charge in [-0.15, -0.1) is 10.2 Å². The van der Waals surface area contributed by atoms with Gasteiger partial charge in [-0.1, -0.05) is 11.8 Å². The normalized spacial score (nSPS) is 12.5. The fraction of sp³-hybridized carbons (Fsp3) is 0.294. The Kier molecular flexibility index (Phi) is 4.51. The third kappa shape index (κ3) is 3.58. The van der Waals surface area contributed by atoms with E-state index < -0.39 is 0 Å². The Morgan fingerprint density at radius 2 is 2.08 bits per heavy atom. The predicted octanol–water partition coefficient (Wildman–Crippen LogP) is 3.93. The van der Waals surface area contributed by atoms with Crippen LogP contribution in [-0.4, -0.2) is 29.4 Å². The van der Waals surface area contributed by atoms with Gasteiger partial charge in [0.2, 0.25) is 6.79 Å². The molecule has 0 bridgehead atoms. The first-order valence-corrected chi connectivity index (χ1v) is 8.81. The highest BCUT2D eigenvalue weighted by Gasteiger charge is 2.14. The van der Waals surface area contributed by atoms with E-state index in [1.54, 1.807) is 6.26 Å². The summed E-state index contributed by atoms with van der Waals surface area (Å²) < 4.78 is 27.2. The number of aryl methyl sites for hydroxylation is 1. The number of benzene rings is 1. The van der Waals surface area contributed by atoms with Gasteiger partial charge >= 0.3 is 0 Å². The van der Waals surface area contributed by atoms with Gasteiger partial charge in [-0.05, 0) is 31.5 Å². The molecule has 0 saturated heterocycles. The maximum Gasteiger partial charge on any atom is 0.276 e. The maximum atomic E-state index is 5.72. The van der Waals surface area contributed by atoms with Crippen molar-refractivity contribution in [3.8, 4) is 28.7 Å². The van der Waals surface area contributed by atoms with Crippen molar-refractivity contribution in [2.24, 2.45) is 0 Å². The molecule has 25 heavy (non-hydrogen) atoms.